The Hall–Kier alpha value is -2.22. The molecule has 2 aliphatic heterocycles. The van der Waals surface area contributed by atoms with E-state index in [2.05, 4.69) is 30.8 Å². The fraction of sp³-hybridized carbons (Fsp3) is 0.529. The van der Waals surface area contributed by atoms with Crippen LogP contribution in [0.25, 0.3) is 0 Å². The average Bonchev–Trinajstić information content (AvgIpc) is 3.33. The Balaban J connectivity index is 1.41. The quantitative estimate of drug-likeness (QED) is 0.834. The minimum absolute atomic E-state index is 0.0973. The number of hydrogen-bond donors (Lipinski definition) is 0. The molecule has 132 valence electrons. The number of rotatable bonds is 3. The van der Waals surface area contributed by atoms with Crippen LogP contribution in [0, 0.1) is 6.92 Å². The minimum atomic E-state index is 0.0973. The van der Waals surface area contributed by atoms with Crippen molar-refractivity contribution in [3.8, 4) is 0 Å². The summed E-state index contributed by atoms with van der Waals surface area (Å²) in [5, 5.41) is 0. The number of nitrogens with zero attached hydrogens (tertiary/aromatic N) is 6. The van der Waals surface area contributed by atoms with Crippen LogP contribution in [0.2, 0.25) is 0 Å². The topological polar surface area (TPSA) is 65.5 Å². The highest BCUT2D eigenvalue weighted by molar-refractivity contribution is 7.11. The van der Waals surface area contributed by atoms with Gasteiger partial charge in [0.2, 0.25) is 0 Å². The monoisotopic (exact) mass is 358 g/mol. The Morgan fingerprint density at radius 3 is 2.20 bits per heavy atom. The summed E-state index contributed by atoms with van der Waals surface area (Å²) in [6, 6.07) is 2.08. The molecule has 1 amide bonds. The predicted molar refractivity (Wildman–Crippen MR) is 98.4 cm³/mol. The third-order valence-corrected chi connectivity index (χ3v) is 5.82. The van der Waals surface area contributed by atoms with Crippen LogP contribution in [0.15, 0.2) is 17.9 Å². The summed E-state index contributed by atoms with van der Waals surface area (Å²) in [4.78, 5) is 32.9. The van der Waals surface area contributed by atoms with Crippen molar-refractivity contribution in [2.45, 2.75) is 19.8 Å². The SMILES string of the molecule is Cc1ncsc1C(=O)N1CCN(c2cc(N3CCCC3)ncn2)CC1. The third-order valence-electron chi connectivity index (χ3n) is 4.90. The fourth-order valence-corrected chi connectivity index (χ4v) is 4.19. The molecule has 25 heavy (non-hydrogen) atoms. The summed E-state index contributed by atoms with van der Waals surface area (Å²) < 4.78 is 0. The van der Waals surface area contributed by atoms with Crippen LogP contribution < -0.4 is 9.80 Å². The molecule has 2 fully saturated rings. The Labute approximate surface area is 151 Å². The lowest BCUT2D eigenvalue weighted by Crippen LogP contribution is -2.49. The van der Waals surface area contributed by atoms with Gasteiger partial charge in [-0.3, -0.25) is 4.79 Å². The number of hydrogen-bond acceptors (Lipinski definition) is 7. The van der Waals surface area contributed by atoms with Gasteiger partial charge in [0, 0.05) is 45.3 Å². The van der Waals surface area contributed by atoms with Gasteiger partial charge in [0.25, 0.3) is 5.91 Å². The number of carbonyl (C=O) groups is 1. The zero-order chi connectivity index (χ0) is 17.2. The van der Waals surface area contributed by atoms with Gasteiger partial charge in [-0.1, -0.05) is 0 Å². The lowest BCUT2D eigenvalue weighted by Gasteiger charge is -2.35. The number of amides is 1. The highest BCUT2D eigenvalue weighted by Crippen LogP contribution is 2.23. The van der Waals surface area contributed by atoms with Crippen LogP contribution in [-0.4, -0.2) is 65.0 Å². The summed E-state index contributed by atoms with van der Waals surface area (Å²) in [5.74, 6) is 2.07. The maximum Gasteiger partial charge on any atom is 0.265 e. The number of piperazine rings is 1. The number of thiazole rings is 1. The first-order valence-corrected chi connectivity index (χ1v) is 9.61. The molecule has 0 N–H and O–H groups in total. The lowest BCUT2D eigenvalue weighted by molar-refractivity contribution is 0.0750. The fourth-order valence-electron chi connectivity index (χ4n) is 3.42. The Morgan fingerprint density at radius 1 is 0.960 bits per heavy atom. The molecule has 0 radical (unpaired) electrons. The van der Waals surface area contributed by atoms with Gasteiger partial charge in [-0.05, 0) is 19.8 Å². The molecule has 4 heterocycles. The van der Waals surface area contributed by atoms with Crippen LogP contribution in [0.4, 0.5) is 11.6 Å². The molecule has 0 aliphatic carbocycles. The summed E-state index contributed by atoms with van der Waals surface area (Å²) in [6.07, 6.45) is 4.12. The van der Waals surface area contributed by atoms with Crippen LogP contribution >= 0.6 is 11.3 Å². The van der Waals surface area contributed by atoms with E-state index in [1.807, 2.05) is 11.8 Å². The molecule has 0 spiro atoms. The van der Waals surface area contributed by atoms with Gasteiger partial charge in [-0.25, -0.2) is 15.0 Å². The molecule has 0 saturated carbocycles. The molecule has 2 saturated heterocycles. The first-order chi connectivity index (χ1) is 12.2. The summed E-state index contributed by atoms with van der Waals surface area (Å²) in [7, 11) is 0. The third kappa shape index (κ3) is 3.30. The molecule has 0 bridgehead atoms. The van der Waals surface area contributed by atoms with E-state index in [9.17, 15) is 4.79 Å². The Morgan fingerprint density at radius 2 is 1.60 bits per heavy atom. The van der Waals surface area contributed by atoms with Crippen molar-refractivity contribution in [1.82, 2.24) is 19.9 Å². The van der Waals surface area contributed by atoms with Crippen molar-refractivity contribution < 1.29 is 4.79 Å². The Bertz CT molecular complexity index is 749. The van der Waals surface area contributed by atoms with E-state index >= 15 is 0 Å². The van der Waals surface area contributed by atoms with E-state index in [1.165, 1.54) is 24.2 Å². The van der Waals surface area contributed by atoms with Gasteiger partial charge in [0.1, 0.15) is 22.8 Å². The summed E-state index contributed by atoms with van der Waals surface area (Å²) in [6.45, 7) is 7.04. The number of aromatic nitrogens is 3. The van der Waals surface area contributed by atoms with Crippen molar-refractivity contribution in [1.29, 1.82) is 0 Å². The molecular weight excluding hydrogens is 336 g/mol. The van der Waals surface area contributed by atoms with E-state index < -0.39 is 0 Å². The van der Waals surface area contributed by atoms with E-state index in [0.717, 1.165) is 48.4 Å². The molecule has 4 rings (SSSR count). The van der Waals surface area contributed by atoms with Gasteiger partial charge >= 0.3 is 0 Å². The largest absolute Gasteiger partial charge is 0.356 e. The van der Waals surface area contributed by atoms with E-state index in [0.29, 0.717) is 13.1 Å². The van der Waals surface area contributed by atoms with Crippen LogP contribution in [0.1, 0.15) is 28.2 Å². The number of carbonyl (C=O) groups excluding carboxylic acids is 1. The second-order valence-corrected chi connectivity index (χ2v) is 7.33. The van der Waals surface area contributed by atoms with Gasteiger partial charge in [-0.2, -0.15) is 0 Å². The standard InChI is InChI=1S/C17H22N6OS/c1-13-16(25-12-20-13)17(24)23-8-6-22(7-9-23)15-10-14(18-11-19-15)21-4-2-3-5-21/h10-12H,2-9H2,1H3. The van der Waals surface area contributed by atoms with Crippen LogP contribution in [0.5, 0.6) is 0 Å². The highest BCUT2D eigenvalue weighted by Gasteiger charge is 2.25. The van der Waals surface area contributed by atoms with Crippen LogP contribution in [-0.2, 0) is 0 Å². The van der Waals surface area contributed by atoms with Crippen LogP contribution in [0.3, 0.4) is 0 Å². The van der Waals surface area contributed by atoms with E-state index in [1.54, 1.807) is 11.8 Å². The minimum Gasteiger partial charge on any atom is -0.356 e. The van der Waals surface area contributed by atoms with E-state index in [4.69, 9.17) is 0 Å². The van der Waals surface area contributed by atoms with Gasteiger partial charge < -0.3 is 14.7 Å². The summed E-state index contributed by atoms with van der Waals surface area (Å²) >= 11 is 1.42. The average molecular weight is 358 g/mol. The second-order valence-electron chi connectivity index (χ2n) is 6.47. The maximum atomic E-state index is 12.6. The first-order valence-electron chi connectivity index (χ1n) is 8.73. The molecule has 0 aromatic carbocycles. The second kappa shape index (κ2) is 6.95. The molecule has 0 atom stereocenters. The predicted octanol–water partition coefficient (Wildman–Crippen LogP) is 1.80. The summed E-state index contributed by atoms with van der Waals surface area (Å²) in [5.41, 5.74) is 2.56. The number of aryl methyl sites for hydroxylation is 1. The number of anilines is 2. The first kappa shape index (κ1) is 16.3. The molecule has 0 unspecified atom stereocenters. The van der Waals surface area contributed by atoms with Gasteiger partial charge in [0.15, 0.2) is 0 Å². The Kier molecular flexibility index (Phi) is 4.52. The smallest absolute Gasteiger partial charge is 0.265 e. The van der Waals surface area contributed by atoms with Gasteiger partial charge in [-0.15, -0.1) is 11.3 Å². The zero-order valence-electron chi connectivity index (χ0n) is 14.4. The lowest BCUT2D eigenvalue weighted by atomic mass is 10.2. The van der Waals surface area contributed by atoms with Crippen molar-refractivity contribution in [3.63, 3.8) is 0 Å². The molecule has 2 aromatic heterocycles. The van der Waals surface area contributed by atoms with Crippen molar-refractivity contribution in [2.75, 3.05) is 49.1 Å². The zero-order valence-corrected chi connectivity index (χ0v) is 15.2. The molecule has 8 heteroatoms. The normalized spacial score (nSPS) is 18.0. The van der Waals surface area contributed by atoms with Crippen molar-refractivity contribution in [2.24, 2.45) is 0 Å². The van der Waals surface area contributed by atoms with Crippen molar-refractivity contribution in [3.05, 3.63) is 28.5 Å². The molecule has 2 aliphatic rings. The van der Waals surface area contributed by atoms with Gasteiger partial charge in [0.05, 0.1) is 11.2 Å². The molecular formula is C17H22N6OS. The molecule has 7 nitrogen and oxygen atoms in total. The highest BCUT2D eigenvalue weighted by atomic mass is 32.1. The molecule has 2 aromatic rings. The maximum absolute atomic E-state index is 12.6. The van der Waals surface area contributed by atoms with Crippen molar-refractivity contribution >= 4 is 28.9 Å². The van der Waals surface area contributed by atoms with E-state index in [-0.39, 0.29) is 5.91 Å².